The van der Waals surface area contributed by atoms with Crippen molar-refractivity contribution in [2.75, 3.05) is 13.1 Å². The Hall–Kier alpha value is -1.22. The molecule has 0 amide bonds. The molecule has 0 spiro atoms. The minimum absolute atomic E-state index is 0.0462. The van der Waals surface area contributed by atoms with Crippen LogP contribution in [0.3, 0.4) is 0 Å². The Morgan fingerprint density at radius 3 is 2.71 bits per heavy atom. The van der Waals surface area contributed by atoms with Gasteiger partial charge in [0.2, 0.25) is 0 Å². The van der Waals surface area contributed by atoms with Gasteiger partial charge in [0, 0.05) is 31.2 Å². The summed E-state index contributed by atoms with van der Waals surface area (Å²) in [6, 6.07) is 3.49. The Balaban J connectivity index is 2.57. The van der Waals surface area contributed by atoms with E-state index in [1.165, 1.54) is 16.4 Å². The monoisotopic (exact) mass is 333 g/mol. The second-order valence-corrected chi connectivity index (χ2v) is 7.18. The number of hydrogen-bond acceptors (Lipinski definition) is 5. The molecule has 0 bridgehead atoms. The normalized spacial score (nSPS) is 24.0. The van der Waals surface area contributed by atoms with Crippen molar-refractivity contribution < 1.29 is 13.3 Å². The Kier molecular flexibility index (Phi) is 4.52. The topological polar surface area (TPSA) is 92.6 Å². The van der Waals surface area contributed by atoms with Crippen LogP contribution in [0.5, 0.6) is 0 Å². The fourth-order valence-corrected chi connectivity index (χ4v) is 4.75. The molecule has 0 aromatic heterocycles. The van der Waals surface area contributed by atoms with Crippen LogP contribution in [0.2, 0.25) is 5.02 Å². The van der Waals surface area contributed by atoms with Gasteiger partial charge >= 0.3 is 0 Å². The molecule has 1 aromatic rings. The molecular formula is C12H16ClN3O4S. The van der Waals surface area contributed by atoms with E-state index in [2.05, 4.69) is 5.32 Å². The molecule has 2 rings (SSSR count). The molecule has 1 heterocycles. The Labute approximate surface area is 128 Å². The fraction of sp³-hybridized carbons (Fsp3) is 0.500. The maximum absolute atomic E-state index is 12.8. The van der Waals surface area contributed by atoms with Crippen LogP contribution < -0.4 is 5.32 Å². The van der Waals surface area contributed by atoms with E-state index in [1.807, 2.05) is 6.92 Å². The van der Waals surface area contributed by atoms with Crippen LogP contribution in [0.25, 0.3) is 0 Å². The van der Waals surface area contributed by atoms with Crippen molar-refractivity contribution in [3.8, 4) is 0 Å². The first kappa shape index (κ1) is 16.2. The van der Waals surface area contributed by atoms with Gasteiger partial charge in [-0.2, -0.15) is 4.31 Å². The summed E-state index contributed by atoms with van der Waals surface area (Å²) in [7, 11) is -4.03. The molecule has 0 saturated carbocycles. The van der Waals surface area contributed by atoms with E-state index < -0.39 is 25.5 Å². The molecule has 9 heteroatoms. The van der Waals surface area contributed by atoms with Crippen molar-refractivity contribution in [1.82, 2.24) is 9.62 Å². The van der Waals surface area contributed by atoms with E-state index in [9.17, 15) is 18.5 Å². The van der Waals surface area contributed by atoms with E-state index in [4.69, 9.17) is 11.6 Å². The summed E-state index contributed by atoms with van der Waals surface area (Å²) in [4.78, 5) is 9.94. The third-order valence-corrected chi connectivity index (χ3v) is 6.19. The molecule has 2 atom stereocenters. The van der Waals surface area contributed by atoms with E-state index in [0.29, 0.717) is 6.54 Å². The summed E-state index contributed by atoms with van der Waals surface area (Å²) in [5.74, 6) is 0. The average Bonchev–Trinajstić information content (AvgIpc) is 2.41. The summed E-state index contributed by atoms with van der Waals surface area (Å²) >= 11 is 5.94. The number of benzene rings is 1. The summed E-state index contributed by atoms with van der Waals surface area (Å²) in [5, 5.41) is 14.1. The molecule has 7 nitrogen and oxygen atoms in total. The molecule has 0 aliphatic carbocycles. The van der Waals surface area contributed by atoms with Crippen LogP contribution in [-0.4, -0.2) is 42.8 Å². The summed E-state index contributed by atoms with van der Waals surface area (Å²) < 4.78 is 26.9. The second-order valence-electron chi connectivity index (χ2n) is 4.94. The van der Waals surface area contributed by atoms with Crippen molar-refractivity contribution in [3.05, 3.63) is 33.3 Å². The first-order chi connectivity index (χ1) is 9.76. The summed E-state index contributed by atoms with van der Waals surface area (Å²) in [5.41, 5.74) is -0.499. The largest absolute Gasteiger partial charge is 0.311 e. The number of piperazine rings is 1. The smallest absolute Gasteiger partial charge is 0.290 e. The lowest BCUT2D eigenvalue weighted by atomic mass is 10.1. The van der Waals surface area contributed by atoms with E-state index in [1.54, 1.807) is 6.92 Å². The highest BCUT2D eigenvalue weighted by Crippen LogP contribution is 2.34. The van der Waals surface area contributed by atoms with Crippen LogP contribution in [-0.2, 0) is 10.0 Å². The molecule has 116 valence electrons. The number of nitro groups is 1. The minimum Gasteiger partial charge on any atom is -0.311 e. The van der Waals surface area contributed by atoms with Gasteiger partial charge in [-0.25, -0.2) is 8.42 Å². The molecule has 1 fully saturated rings. The molecule has 21 heavy (non-hydrogen) atoms. The number of nitro benzene ring substituents is 1. The van der Waals surface area contributed by atoms with Crippen LogP contribution >= 0.6 is 11.6 Å². The Morgan fingerprint density at radius 2 is 2.10 bits per heavy atom. The molecule has 1 aromatic carbocycles. The van der Waals surface area contributed by atoms with Crippen molar-refractivity contribution in [2.24, 2.45) is 0 Å². The average molecular weight is 334 g/mol. The third-order valence-electron chi connectivity index (χ3n) is 3.69. The van der Waals surface area contributed by atoms with Gasteiger partial charge in [-0.3, -0.25) is 10.1 Å². The highest BCUT2D eigenvalue weighted by Gasteiger charge is 2.39. The van der Waals surface area contributed by atoms with Gasteiger partial charge < -0.3 is 5.32 Å². The lowest BCUT2D eigenvalue weighted by molar-refractivity contribution is -0.387. The van der Waals surface area contributed by atoms with Crippen LogP contribution in [0.1, 0.15) is 13.8 Å². The van der Waals surface area contributed by atoms with Crippen LogP contribution in [0.4, 0.5) is 5.69 Å². The zero-order valence-corrected chi connectivity index (χ0v) is 13.2. The molecule has 1 N–H and O–H groups in total. The molecule has 1 aliphatic rings. The first-order valence-electron chi connectivity index (χ1n) is 6.45. The number of halogens is 1. The highest BCUT2D eigenvalue weighted by atomic mass is 35.5. The lowest BCUT2D eigenvalue weighted by Gasteiger charge is -2.37. The van der Waals surface area contributed by atoms with Crippen molar-refractivity contribution >= 4 is 27.3 Å². The predicted molar refractivity (Wildman–Crippen MR) is 78.9 cm³/mol. The minimum atomic E-state index is -4.03. The van der Waals surface area contributed by atoms with Gasteiger partial charge in [-0.05, 0) is 19.9 Å². The van der Waals surface area contributed by atoms with E-state index >= 15 is 0 Å². The maximum Gasteiger partial charge on any atom is 0.290 e. The Bertz CT molecular complexity index is 664. The van der Waals surface area contributed by atoms with E-state index in [-0.39, 0.29) is 23.7 Å². The zero-order valence-electron chi connectivity index (χ0n) is 11.6. The zero-order chi connectivity index (χ0) is 15.8. The summed E-state index contributed by atoms with van der Waals surface area (Å²) in [6.07, 6.45) is 0. The number of rotatable bonds is 3. The van der Waals surface area contributed by atoms with Crippen molar-refractivity contribution in [1.29, 1.82) is 0 Å². The molecule has 1 aliphatic heterocycles. The fourth-order valence-electron chi connectivity index (χ4n) is 2.38. The molecule has 2 unspecified atom stereocenters. The SMILES string of the molecule is CC1NCCN(S(=O)(=O)c2c(Cl)cccc2[N+](=O)[O-])C1C. The maximum atomic E-state index is 12.8. The number of nitrogens with one attached hydrogen (secondary N) is 1. The highest BCUT2D eigenvalue weighted by molar-refractivity contribution is 7.89. The van der Waals surface area contributed by atoms with Crippen molar-refractivity contribution in [3.63, 3.8) is 0 Å². The van der Waals surface area contributed by atoms with Crippen LogP contribution in [0.15, 0.2) is 23.1 Å². The first-order valence-corrected chi connectivity index (χ1v) is 8.26. The Morgan fingerprint density at radius 1 is 1.43 bits per heavy atom. The van der Waals surface area contributed by atoms with Gasteiger partial charge in [0.1, 0.15) is 0 Å². The molecular weight excluding hydrogens is 318 g/mol. The standard InChI is InChI=1S/C12H16ClN3O4S/c1-8-9(2)15(7-6-14-8)21(19,20)12-10(13)4-3-5-11(12)16(17)18/h3-5,8-9,14H,6-7H2,1-2H3. The second kappa shape index (κ2) is 5.88. The van der Waals surface area contributed by atoms with Gasteiger partial charge in [0.25, 0.3) is 15.7 Å². The van der Waals surface area contributed by atoms with Crippen molar-refractivity contribution in [2.45, 2.75) is 30.8 Å². The lowest BCUT2D eigenvalue weighted by Crippen LogP contribution is -2.57. The molecule has 1 saturated heterocycles. The van der Waals surface area contributed by atoms with Gasteiger partial charge in [0.15, 0.2) is 4.90 Å². The third kappa shape index (κ3) is 2.89. The van der Waals surface area contributed by atoms with Gasteiger partial charge in [-0.1, -0.05) is 17.7 Å². The number of nitrogens with zero attached hydrogens (tertiary/aromatic N) is 2. The van der Waals surface area contributed by atoms with Crippen LogP contribution in [0, 0.1) is 10.1 Å². The number of sulfonamides is 1. The van der Waals surface area contributed by atoms with E-state index in [0.717, 1.165) is 6.07 Å². The van der Waals surface area contributed by atoms with Gasteiger partial charge in [0.05, 0.1) is 9.95 Å². The number of hydrogen-bond donors (Lipinski definition) is 1. The summed E-state index contributed by atoms with van der Waals surface area (Å²) in [6.45, 7) is 4.36. The van der Waals surface area contributed by atoms with Gasteiger partial charge in [-0.15, -0.1) is 0 Å². The molecule has 0 radical (unpaired) electrons. The quantitative estimate of drug-likeness (QED) is 0.670. The predicted octanol–water partition coefficient (Wildman–Crippen LogP) is 1.62.